The molecule has 1 aromatic rings. The van der Waals surface area contributed by atoms with E-state index in [0.29, 0.717) is 11.7 Å². The Kier molecular flexibility index (Phi) is 4.62. The van der Waals surface area contributed by atoms with Gasteiger partial charge in [0, 0.05) is 18.0 Å². The molecule has 0 radical (unpaired) electrons. The average molecular weight is 230 g/mol. The standard InChI is InChI=1S/C10H16ClN3O/c1-7(11)4-5-12-9-6-10(15-3)14-8(2)13-9/h6-7H,4-5H2,1-3H3,(H,12,13,14). The molecule has 5 heteroatoms. The summed E-state index contributed by atoms with van der Waals surface area (Å²) in [4.78, 5) is 8.33. The van der Waals surface area contributed by atoms with Crippen LogP contribution >= 0.6 is 11.6 Å². The van der Waals surface area contributed by atoms with Crippen molar-refractivity contribution in [2.75, 3.05) is 19.0 Å². The molecule has 15 heavy (non-hydrogen) atoms. The minimum absolute atomic E-state index is 0.169. The number of methoxy groups -OCH3 is 1. The van der Waals surface area contributed by atoms with Gasteiger partial charge in [0.05, 0.1) is 7.11 Å². The molecule has 1 heterocycles. The van der Waals surface area contributed by atoms with Crippen LogP contribution in [0.4, 0.5) is 5.82 Å². The van der Waals surface area contributed by atoms with Gasteiger partial charge in [0.1, 0.15) is 11.6 Å². The summed E-state index contributed by atoms with van der Waals surface area (Å²) in [7, 11) is 1.59. The molecule has 0 fully saturated rings. The van der Waals surface area contributed by atoms with Gasteiger partial charge >= 0.3 is 0 Å². The summed E-state index contributed by atoms with van der Waals surface area (Å²) in [5.74, 6) is 2.04. The second-order valence-corrected chi connectivity index (χ2v) is 4.08. The number of anilines is 1. The van der Waals surface area contributed by atoms with Crippen LogP contribution in [0.25, 0.3) is 0 Å². The lowest BCUT2D eigenvalue weighted by Crippen LogP contribution is -2.08. The van der Waals surface area contributed by atoms with Crippen LogP contribution in [0.5, 0.6) is 5.88 Å². The maximum Gasteiger partial charge on any atom is 0.218 e. The first-order valence-corrected chi connectivity index (χ1v) is 5.33. The Labute approximate surface area is 95.0 Å². The fraction of sp³-hybridized carbons (Fsp3) is 0.600. The molecule has 1 N–H and O–H groups in total. The van der Waals surface area contributed by atoms with E-state index in [-0.39, 0.29) is 5.38 Å². The van der Waals surface area contributed by atoms with Gasteiger partial charge in [-0.25, -0.2) is 4.98 Å². The Morgan fingerprint density at radius 1 is 1.53 bits per heavy atom. The molecule has 4 nitrogen and oxygen atoms in total. The summed E-state index contributed by atoms with van der Waals surface area (Å²) in [5.41, 5.74) is 0. The van der Waals surface area contributed by atoms with Crippen molar-refractivity contribution < 1.29 is 4.74 Å². The largest absolute Gasteiger partial charge is 0.481 e. The summed E-state index contributed by atoms with van der Waals surface area (Å²) in [6.07, 6.45) is 0.896. The molecule has 1 rings (SSSR count). The van der Waals surface area contributed by atoms with E-state index < -0.39 is 0 Å². The predicted octanol–water partition coefficient (Wildman–Crippen LogP) is 2.22. The Morgan fingerprint density at radius 2 is 2.27 bits per heavy atom. The van der Waals surface area contributed by atoms with Gasteiger partial charge in [-0.2, -0.15) is 4.98 Å². The number of rotatable bonds is 5. The number of halogens is 1. The number of aromatic nitrogens is 2. The molecule has 0 aliphatic carbocycles. The number of aryl methyl sites for hydroxylation is 1. The molecule has 84 valence electrons. The highest BCUT2D eigenvalue weighted by Gasteiger charge is 2.02. The highest BCUT2D eigenvalue weighted by atomic mass is 35.5. The van der Waals surface area contributed by atoms with E-state index in [4.69, 9.17) is 16.3 Å². The van der Waals surface area contributed by atoms with Crippen molar-refractivity contribution in [2.24, 2.45) is 0 Å². The van der Waals surface area contributed by atoms with Crippen molar-refractivity contribution in [3.8, 4) is 5.88 Å². The quantitative estimate of drug-likeness (QED) is 0.787. The van der Waals surface area contributed by atoms with Crippen LogP contribution < -0.4 is 10.1 Å². The molecule has 1 atom stereocenters. The third kappa shape index (κ3) is 4.34. The molecule has 0 aromatic carbocycles. The lowest BCUT2D eigenvalue weighted by Gasteiger charge is -2.08. The van der Waals surface area contributed by atoms with E-state index in [1.54, 1.807) is 13.2 Å². The van der Waals surface area contributed by atoms with Crippen molar-refractivity contribution in [1.29, 1.82) is 0 Å². The van der Waals surface area contributed by atoms with Crippen LogP contribution in [0.2, 0.25) is 0 Å². The van der Waals surface area contributed by atoms with Crippen LogP contribution in [0.1, 0.15) is 19.2 Å². The summed E-state index contributed by atoms with van der Waals surface area (Å²) in [6, 6.07) is 1.77. The molecule has 0 bridgehead atoms. The smallest absolute Gasteiger partial charge is 0.218 e. The monoisotopic (exact) mass is 229 g/mol. The van der Waals surface area contributed by atoms with Gasteiger partial charge < -0.3 is 10.1 Å². The predicted molar refractivity (Wildman–Crippen MR) is 61.7 cm³/mol. The first-order valence-electron chi connectivity index (χ1n) is 4.89. The molecule has 0 aliphatic rings. The van der Waals surface area contributed by atoms with Gasteiger partial charge in [0.15, 0.2) is 0 Å². The first-order chi connectivity index (χ1) is 7.11. The normalized spacial score (nSPS) is 12.3. The van der Waals surface area contributed by atoms with Gasteiger partial charge in [0.2, 0.25) is 5.88 Å². The second kappa shape index (κ2) is 5.75. The molecule has 0 saturated heterocycles. The zero-order valence-corrected chi connectivity index (χ0v) is 10.0. The van der Waals surface area contributed by atoms with E-state index in [1.807, 2.05) is 13.8 Å². The first kappa shape index (κ1) is 12.0. The summed E-state index contributed by atoms with van der Waals surface area (Å²) in [6.45, 7) is 4.59. The Hall–Kier alpha value is -1.03. The lowest BCUT2D eigenvalue weighted by atomic mass is 10.3. The third-order valence-electron chi connectivity index (χ3n) is 1.87. The minimum Gasteiger partial charge on any atom is -0.481 e. The number of alkyl halides is 1. The zero-order valence-electron chi connectivity index (χ0n) is 9.25. The number of nitrogens with one attached hydrogen (secondary N) is 1. The van der Waals surface area contributed by atoms with Gasteiger partial charge in [-0.05, 0) is 20.3 Å². The van der Waals surface area contributed by atoms with Crippen molar-refractivity contribution in [1.82, 2.24) is 9.97 Å². The van der Waals surface area contributed by atoms with Crippen LogP contribution in [0, 0.1) is 6.92 Å². The third-order valence-corrected chi connectivity index (χ3v) is 2.09. The summed E-state index contributed by atoms with van der Waals surface area (Å²) in [5, 5.41) is 3.34. The van der Waals surface area contributed by atoms with Gasteiger partial charge in [0.25, 0.3) is 0 Å². The molecule has 1 aromatic heterocycles. The second-order valence-electron chi connectivity index (χ2n) is 3.34. The topological polar surface area (TPSA) is 47.0 Å². The van der Waals surface area contributed by atoms with E-state index in [9.17, 15) is 0 Å². The number of hydrogen-bond acceptors (Lipinski definition) is 4. The number of hydrogen-bond donors (Lipinski definition) is 1. The number of nitrogens with zero attached hydrogens (tertiary/aromatic N) is 2. The van der Waals surface area contributed by atoms with Crippen LogP contribution in [0.15, 0.2) is 6.07 Å². The molecule has 0 aliphatic heterocycles. The van der Waals surface area contributed by atoms with Crippen LogP contribution in [-0.2, 0) is 0 Å². The van der Waals surface area contributed by atoms with Crippen LogP contribution in [-0.4, -0.2) is 29.0 Å². The fourth-order valence-electron chi connectivity index (χ4n) is 1.13. The average Bonchev–Trinajstić information content (AvgIpc) is 2.16. The van der Waals surface area contributed by atoms with E-state index >= 15 is 0 Å². The Balaban J connectivity index is 2.56. The van der Waals surface area contributed by atoms with Crippen molar-refractivity contribution >= 4 is 17.4 Å². The minimum atomic E-state index is 0.169. The lowest BCUT2D eigenvalue weighted by molar-refractivity contribution is 0.396. The van der Waals surface area contributed by atoms with Crippen molar-refractivity contribution in [2.45, 2.75) is 25.6 Å². The zero-order chi connectivity index (χ0) is 11.3. The van der Waals surface area contributed by atoms with Gasteiger partial charge in [-0.15, -0.1) is 11.6 Å². The molecule has 0 saturated carbocycles. The summed E-state index contributed by atoms with van der Waals surface area (Å²) >= 11 is 5.84. The molecular weight excluding hydrogens is 214 g/mol. The Bertz CT molecular complexity index is 318. The van der Waals surface area contributed by atoms with Crippen LogP contribution in [0.3, 0.4) is 0 Å². The molecular formula is C10H16ClN3O. The van der Waals surface area contributed by atoms with Gasteiger partial charge in [-0.1, -0.05) is 0 Å². The Morgan fingerprint density at radius 3 is 2.87 bits per heavy atom. The molecule has 0 spiro atoms. The van der Waals surface area contributed by atoms with E-state index in [0.717, 1.165) is 18.8 Å². The fourth-order valence-corrected chi connectivity index (χ4v) is 1.24. The number of ether oxygens (including phenoxy) is 1. The van der Waals surface area contributed by atoms with Crippen molar-refractivity contribution in [3.05, 3.63) is 11.9 Å². The highest BCUT2D eigenvalue weighted by molar-refractivity contribution is 6.20. The van der Waals surface area contributed by atoms with E-state index in [2.05, 4.69) is 15.3 Å². The van der Waals surface area contributed by atoms with Crippen molar-refractivity contribution in [3.63, 3.8) is 0 Å². The molecule has 1 unspecified atom stereocenters. The molecule has 0 amide bonds. The maximum atomic E-state index is 5.84. The van der Waals surface area contributed by atoms with Gasteiger partial charge in [-0.3, -0.25) is 0 Å². The SMILES string of the molecule is COc1cc(NCCC(C)Cl)nc(C)n1. The highest BCUT2D eigenvalue weighted by Crippen LogP contribution is 2.12. The maximum absolute atomic E-state index is 5.84. The van der Waals surface area contributed by atoms with E-state index in [1.165, 1.54) is 0 Å². The summed E-state index contributed by atoms with van der Waals surface area (Å²) < 4.78 is 5.05.